The monoisotopic (exact) mass is 601 g/mol. The summed E-state index contributed by atoms with van der Waals surface area (Å²) in [6.45, 7) is 12.6. The van der Waals surface area contributed by atoms with E-state index in [2.05, 4.69) is 29.1 Å². The van der Waals surface area contributed by atoms with Crippen molar-refractivity contribution in [3.63, 3.8) is 0 Å². The number of anilines is 1. The molecule has 0 aliphatic carbocycles. The molecule has 6 atom stereocenters. The van der Waals surface area contributed by atoms with Crippen LogP contribution in [-0.4, -0.2) is 88.5 Å². The van der Waals surface area contributed by atoms with Gasteiger partial charge in [0.2, 0.25) is 11.8 Å². The second-order valence-corrected chi connectivity index (χ2v) is 12.2. The standard InChI is InChI=1S/C30H40BrN3O5/c1-6-13-32(5)27(36)23-24-28(37)34(15-9-8-10-16-35)26(30(24)18-21(31)25(23)39-30)29(38)33(14-7-2)22-17-19(3)11-12-20(22)4/h6-7,11-12,17,21,23-26,35H,1-2,8-10,13-16,18H2,3-5H3/t21?,23-,24-,25-,26?,30?/m0/s1. The molecule has 8 nitrogen and oxygen atoms in total. The first-order valence-corrected chi connectivity index (χ1v) is 14.6. The Labute approximate surface area is 239 Å². The normalized spacial score (nSPS) is 28.9. The molecule has 3 unspecified atom stereocenters. The molecule has 0 saturated carbocycles. The topological polar surface area (TPSA) is 90.4 Å². The summed E-state index contributed by atoms with van der Waals surface area (Å²) in [6, 6.07) is 5.09. The van der Waals surface area contributed by atoms with Crippen LogP contribution in [0.5, 0.6) is 0 Å². The molecule has 4 rings (SSSR count). The zero-order valence-electron chi connectivity index (χ0n) is 23.1. The van der Waals surface area contributed by atoms with Crippen molar-refractivity contribution in [1.82, 2.24) is 9.80 Å². The minimum absolute atomic E-state index is 0.0743. The van der Waals surface area contributed by atoms with E-state index in [1.165, 1.54) is 0 Å². The van der Waals surface area contributed by atoms with Gasteiger partial charge < -0.3 is 24.5 Å². The molecule has 39 heavy (non-hydrogen) atoms. The second kappa shape index (κ2) is 11.9. The minimum atomic E-state index is -1.11. The number of aliphatic hydroxyl groups is 1. The third kappa shape index (κ3) is 5.09. The molecule has 0 aromatic heterocycles. The zero-order valence-corrected chi connectivity index (χ0v) is 24.7. The molecule has 3 amide bonds. The van der Waals surface area contributed by atoms with Gasteiger partial charge in [-0.05, 0) is 56.7 Å². The van der Waals surface area contributed by atoms with E-state index >= 15 is 0 Å². The van der Waals surface area contributed by atoms with Crippen LogP contribution in [0, 0.1) is 25.7 Å². The van der Waals surface area contributed by atoms with E-state index in [4.69, 9.17) is 4.74 Å². The highest BCUT2D eigenvalue weighted by atomic mass is 79.9. The maximum Gasteiger partial charge on any atom is 0.253 e. The van der Waals surface area contributed by atoms with Crippen LogP contribution >= 0.6 is 15.9 Å². The quantitative estimate of drug-likeness (QED) is 0.225. The number of likely N-dealkylation sites (N-methyl/N-ethyl adjacent to an activating group) is 1. The van der Waals surface area contributed by atoms with Crippen LogP contribution in [0.1, 0.15) is 36.8 Å². The number of likely N-dealkylation sites (tertiary alicyclic amines) is 1. The number of benzene rings is 1. The molecule has 3 fully saturated rings. The van der Waals surface area contributed by atoms with Gasteiger partial charge in [0, 0.05) is 43.8 Å². The largest absolute Gasteiger partial charge is 0.396 e. The lowest BCUT2D eigenvalue weighted by Crippen LogP contribution is -2.57. The minimum Gasteiger partial charge on any atom is -0.396 e. The molecule has 0 radical (unpaired) electrons. The Kier molecular flexibility index (Phi) is 9.03. The SMILES string of the molecule is C=CCN(C)C(=O)[C@H]1[C@H]2C(=O)N(CCCCCO)C(C(=O)N(CC=C)c3cc(C)ccc3C)C23CC(Br)[C@@H]1O3. The molecule has 1 N–H and O–H groups in total. The van der Waals surface area contributed by atoms with E-state index in [0.717, 1.165) is 23.2 Å². The molecule has 3 saturated heterocycles. The molecule has 3 heterocycles. The van der Waals surface area contributed by atoms with Crippen molar-refractivity contribution in [2.45, 2.75) is 62.1 Å². The maximum absolute atomic E-state index is 14.6. The molecule has 3 aliphatic heterocycles. The van der Waals surface area contributed by atoms with Crippen molar-refractivity contribution in [2.24, 2.45) is 11.8 Å². The molecule has 9 heteroatoms. The fraction of sp³-hybridized carbons (Fsp3) is 0.567. The van der Waals surface area contributed by atoms with Gasteiger partial charge in [-0.25, -0.2) is 0 Å². The first-order valence-electron chi connectivity index (χ1n) is 13.7. The molecular formula is C30H40BrN3O5. The molecule has 3 aliphatic rings. The van der Waals surface area contributed by atoms with E-state index in [1.807, 2.05) is 32.0 Å². The lowest BCUT2D eigenvalue weighted by Gasteiger charge is -2.37. The summed E-state index contributed by atoms with van der Waals surface area (Å²) in [6.07, 6.45) is 5.28. The van der Waals surface area contributed by atoms with Gasteiger partial charge in [-0.1, -0.05) is 40.2 Å². The van der Waals surface area contributed by atoms with Crippen LogP contribution in [0.2, 0.25) is 0 Å². The van der Waals surface area contributed by atoms with Crippen molar-refractivity contribution in [1.29, 1.82) is 0 Å². The van der Waals surface area contributed by atoms with Crippen LogP contribution in [0.3, 0.4) is 0 Å². The fourth-order valence-corrected chi connectivity index (χ4v) is 7.58. The van der Waals surface area contributed by atoms with Crippen molar-refractivity contribution in [3.05, 3.63) is 54.6 Å². The Morgan fingerprint density at radius 1 is 1.18 bits per heavy atom. The third-order valence-electron chi connectivity index (χ3n) is 8.38. The Balaban J connectivity index is 1.79. The van der Waals surface area contributed by atoms with E-state index in [9.17, 15) is 19.5 Å². The predicted molar refractivity (Wildman–Crippen MR) is 155 cm³/mol. The third-order valence-corrected chi connectivity index (χ3v) is 9.22. The lowest BCUT2D eigenvalue weighted by atomic mass is 9.70. The molecule has 2 bridgehead atoms. The first-order chi connectivity index (χ1) is 18.6. The summed E-state index contributed by atoms with van der Waals surface area (Å²) in [5.41, 5.74) is 1.62. The van der Waals surface area contributed by atoms with Gasteiger partial charge in [0.05, 0.1) is 17.9 Å². The number of ether oxygens (including phenoxy) is 1. The molecule has 1 aromatic rings. The number of hydrogen-bond acceptors (Lipinski definition) is 5. The van der Waals surface area contributed by atoms with Gasteiger partial charge in [0.15, 0.2) is 0 Å². The van der Waals surface area contributed by atoms with Crippen molar-refractivity contribution < 1.29 is 24.2 Å². The average molecular weight is 603 g/mol. The van der Waals surface area contributed by atoms with Crippen molar-refractivity contribution in [3.8, 4) is 0 Å². The molecule has 212 valence electrons. The number of rotatable bonds is 12. The van der Waals surface area contributed by atoms with E-state index in [-0.39, 0.29) is 35.7 Å². The fourth-order valence-electron chi connectivity index (χ4n) is 6.63. The van der Waals surface area contributed by atoms with Crippen molar-refractivity contribution in [2.75, 3.05) is 38.2 Å². The molecular weight excluding hydrogens is 562 g/mol. The number of carbonyl (C=O) groups excluding carboxylic acids is 3. The highest BCUT2D eigenvalue weighted by Gasteiger charge is 2.76. The van der Waals surface area contributed by atoms with E-state index < -0.39 is 29.6 Å². The van der Waals surface area contributed by atoms with Crippen LogP contribution in [0.15, 0.2) is 43.5 Å². The van der Waals surface area contributed by atoms with Gasteiger partial charge in [-0.3, -0.25) is 14.4 Å². The number of aliphatic hydroxyl groups excluding tert-OH is 1. The van der Waals surface area contributed by atoms with Crippen LogP contribution in [0.25, 0.3) is 0 Å². The number of amides is 3. The number of halogens is 1. The summed E-state index contributed by atoms with van der Waals surface area (Å²) < 4.78 is 6.64. The number of fused-ring (bicyclic) bond motifs is 1. The average Bonchev–Trinajstić information content (AvgIpc) is 3.49. The highest BCUT2D eigenvalue weighted by molar-refractivity contribution is 9.09. The Hall–Kier alpha value is -2.49. The first kappa shape index (κ1) is 29.5. The summed E-state index contributed by atoms with van der Waals surface area (Å²) in [7, 11) is 1.70. The number of hydrogen-bond donors (Lipinski definition) is 1. The van der Waals surface area contributed by atoms with Crippen molar-refractivity contribution >= 4 is 39.3 Å². The maximum atomic E-state index is 14.6. The van der Waals surface area contributed by atoms with Gasteiger partial charge >= 0.3 is 0 Å². The number of aryl methyl sites for hydroxylation is 2. The Bertz CT molecular complexity index is 1140. The number of carbonyl (C=O) groups is 3. The van der Waals surface area contributed by atoms with Crippen LogP contribution in [0.4, 0.5) is 5.69 Å². The molecule has 1 spiro atoms. The zero-order chi connectivity index (χ0) is 28.5. The predicted octanol–water partition coefficient (Wildman–Crippen LogP) is 3.38. The van der Waals surface area contributed by atoms with E-state index in [1.54, 1.807) is 33.9 Å². The smallest absolute Gasteiger partial charge is 0.253 e. The summed E-state index contributed by atoms with van der Waals surface area (Å²) in [5, 5.41) is 9.27. The summed E-state index contributed by atoms with van der Waals surface area (Å²) in [5.74, 6) is -2.03. The molecule has 1 aromatic carbocycles. The van der Waals surface area contributed by atoms with E-state index in [0.29, 0.717) is 32.4 Å². The van der Waals surface area contributed by atoms with Gasteiger partial charge in [0.1, 0.15) is 11.6 Å². The highest BCUT2D eigenvalue weighted by Crippen LogP contribution is 2.60. The van der Waals surface area contributed by atoms with Crippen LogP contribution in [-0.2, 0) is 19.1 Å². The van der Waals surface area contributed by atoms with Gasteiger partial charge in [0.25, 0.3) is 5.91 Å². The number of nitrogens with zero attached hydrogens (tertiary/aromatic N) is 3. The summed E-state index contributed by atoms with van der Waals surface area (Å²) >= 11 is 3.73. The Morgan fingerprint density at radius 3 is 2.56 bits per heavy atom. The van der Waals surface area contributed by atoms with Gasteiger partial charge in [-0.2, -0.15) is 0 Å². The lowest BCUT2D eigenvalue weighted by molar-refractivity contribution is -0.144. The number of alkyl halides is 1. The van der Waals surface area contributed by atoms with Crippen LogP contribution < -0.4 is 4.90 Å². The Morgan fingerprint density at radius 2 is 1.90 bits per heavy atom. The van der Waals surface area contributed by atoms with Gasteiger partial charge in [-0.15, -0.1) is 13.2 Å². The summed E-state index contributed by atoms with van der Waals surface area (Å²) in [4.78, 5) is 47.2. The second-order valence-electron chi connectivity index (χ2n) is 11.0. The number of unbranched alkanes of at least 4 members (excludes halogenated alkanes) is 2.